The van der Waals surface area contributed by atoms with E-state index in [4.69, 9.17) is 9.47 Å². The molecule has 1 heterocycles. The molecule has 0 spiro atoms. The molecule has 8 heteroatoms. The van der Waals surface area contributed by atoms with E-state index < -0.39 is 12.8 Å². The standard InChI is InChI=1S/C15H19F3N2O3/c16-15(17,18)10-23-13-6-2-1-5-12(13)22-9-14(21)20-11-4-3-7-19-8-11/h1-2,5-6,11,19H,3-4,7-10H2,(H,20,21). The summed E-state index contributed by atoms with van der Waals surface area (Å²) in [5, 5.41) is 5.99. The lowest BCUT2D eigenvalue weighted by molar-refractivity contribution is -0.153. The van der Waals surface area contributed by atoms with Crippen LogP contribution in [0.4, 0.5) is 13.2 Å². The molecule has 1 atom stereocenters. The maximum absolute atomic E-state index is 12.2. The second-order valence-electron chi connectivity index (χ2n) is 5.25. The van der Waals surface area contributed by atoms with Crippen LogP contribution in [0.5, 0.6) is 11.5 Å². The summed E-state index contributed by atoms with van der Waals surface area (Å²) in [6.07, 6.45) is -2.55. The van der Waals surface area contributed by atoms with Gasteiger partial charge in [0.05, 0.1) is 0 Å². The van der Waals surface area contributed by atoms with Gasteiger partial charge >= 0.3 is 6.18 Å². The Bertz CT molecular complexity index is 517. The molecule has 1 fully saturated rings. The molecule has 23 heavy (non-hydrogen) atoms. The summed E-state index contributed by atoms with van der Waals surface area (Å²) in [5.74, 6) is -0.255. The van der Waals surface area contributed by atoms with Crippen LogP contribution in [0.15, 0.2) is 24.3 Å². The van der Waals surface area contributed by atoms with Gasteiger partial charge in [-0.2, -0.15) is 13.2 Å². The van der Waals surface area contributed by atoms with Crippen LogP contribution in [0.25, 0.3) is 0 Å². The third-order valence-corrected chi connectivity index (χ3v) is 3.26. The second-order valence-corrected chi connectivity index (χ2v) is 5.25. The Morgan fingerprint density at radius 1 is 1.26 bits per heavy atom. The van der Waals surface area contributed by atoms with E-state index >= 15 is 0 Å². The van der Waals surface area contributed by atoms with E-state index in [1.807, 2.05) is 0 Å². The number of piperidine rings is 1. The minimum Gasteiger partial charge on any atom is -0.480 e. The van der Waals surface area contributed by atoms with Gasteiger partial charge in [-0.25, -0.2) is 0 Å². The molecular formula is C15H19F3N2O3. The first-order chi connectivity index (χ1) is 10.9. The van der Waals surface area contributed by atoms with E-state index in [9.17, 15) is 18.0 Å². The maximum atomic E-state index is 12.2. The first-order valence-corrected chi connectivity index (χ1v) is 7.35. The topological polar surface area (TPSA) is 59.6 Å². The lowest BCUT2D eigenvalue weighted by Gasteiger charge is -2.23. The average molecular weight is 332 g/mol. The molecule has 0 aliphatic carbocycles. The van der Waals surface area contributed by atoms with Crippen molar-refractivity contribution in [3.8, 4) is 11.5 Å². The second kappa shape index (κ2) is 8.05. The third-order valence-electron chi connectivity index (χ3n) is 3.26. The van der Waals surface area contributed by atoms with Crippen molar-refractivity contribution in [3.63, 3.8) is 0 Å². The highest BCUT2D eigenvalue weighted by Gasteiger charge is 2.29. The molecule has 2 rings (SSSR count). The van der Waals surface area contributed by atoms with Crippen molar-refractivity contribution in [1.82, 2.24) is 10.6 Å². The fourth-order valence-electron chi connectivity index (χ4n) is 2.24. The van der Waals surface area contributed by atoms with Crippen LogP contribution in [0.3, 0.4) is 0 Å². The van der Waals surface area contributed by atoms with Gasteiger partial charge in [-0.3, -0.25) is 4.79 Å². The highest BCUT2D eigenvalue weighted by molar-refractivity contribution is 5.78. The fourth-order valence-corrected chi connectivity index (χ4v) is 2.24. The highest BCUT2D eigenvalue weighted by atomic mass is 19.4. The summed E-state index contributed by atoms with van der Waals surface area (Å²) in [6.45, 7) is -0.0417. The van der Waals surface area contributed by atoms with Crippen molar-refractivity contribution < 1.29 is 27.4 Å². The Labute approximate surface area is 132 Å². The van der Waals surface area contributed by atoms with E-state index in [0.717, 1.165) is 19.4 Å². The van der Waals surface area contributed by atoms with Gasteiger partial charge in [-0.05, 0) is 31.5 Å². The number of rotatable bonds is 6. The number of nitrogens with one attached hydrogen (secondary N) is 2. The lowest BCUT2D eigenvalue weighted by atomic mass is 10.1. The Balaban J connectivity index is 1.83. The number of amides is 1. The molecule has 5 nitrogen and oxygen atoms in total. The van der Waals surface area contributed by atoms with Crippen LogP contribution in [0, 0.1) is 0 Å². The molecule has 128 valence electrons. The molecule has 0 saturated carbocycles. The molecule has 1 aliphatic rings. The summed E-state index contributed by atoms with van der Waals surface area (Å²) in [7, 11) is 0. The smallest absolute Gasteiger partial charge is 0.422 e. The molecule has 0 radical (unpaired) electrons. The summed E-state index contributed by atoms with van der Waals surface area (Å²) in [4.78, 5) is 11.8. The molecule has 0 bridgehead atoms. The van der Waals surface area contributed by atoms with Crippen LogP contribution in [-0.2, 0) is 4.79 Å². The first kappa shape index (κ1) is 17.4. The van der Waals surface area contributed by atoms with E-state index in [1.165, 1.54) is 18.2 Å². The Kier molecular flexibility index (Phi) is 6.09. The first-order valence-electron chi connectivity index (χ1n) is 7.35. The van der Waals surface area contributed by atoms with E-state index in [0.29, 0.717) is 6.54 Å². The molecule has 1 aromatic rings. The number of alkyl halides is 3. The van der Waals surface area contributed by atoms with Crippen molar-refractivity contribution >= 4 is 5.91 Å². The van der Waals surface area contributed by atoms with Crippen LogP contribution >= 0.6 is 0 Å². The minimum atomic E-state index is -4.43. The molecule has 1 unspecified atom stereocenters. The van der Waals surface area contributed by atoms with Gasteiger partial charge in [0.2, 0.25) is 0 Å². The fraction of sp³-hybridized carbons (Fsp3) is 0.533. The van der Waals surface area contributed by atoms with Gasteiger partial charge in [0.1, 0.15) is 0 Å². The van der Waals surface area contributed by atoms with Gasteiger partial charge < -0.3 is 20.1 Å². The monoisotopic (exact) mass is 332 g/mol. The zero-order valence-electron chi connectivity index (χ0n) is 12.5. The van der Waals surface area contributed by atoms with Gasteiger partial charge in [0.25, 0.3) is 5.91 Å². The van der Waals surface area contributed by atoms with Gasteiger partial charge in [-0.15, -0.1) is 0 Å². The van der Waals surface area contributed by atoms with Crippen molar-refractivity contribution in [2.45, 2.75) is 25.1 Å². The zero-order valence-corrected chi connectivity index (χ0v) is 12.5. The number of para-hydroxylation sites is 2. The summed E-state index contributed by atoms with van der Waals surface area (Å²) >= 11 is 0. The van der Waals surface area contributed by atoms with E-state index in [1.54, 1.807) is 6.07 Å². The quantitative estimate of drug-likeness (QED) is 0.835. The van der Waals surface area contributed by atoms with Crippen LogP contribution in [-0.4, -0.2) is 44.4 Å². The molecule has 0 aromatic heterocycles. The minimum absolute atomic E-state index is 0.0445. The summed E-state index contributed by atoms with van der Waals surface area (Å²) in [5.41, 5.74) is 0. The molecule has 1 amide bonds. The Morgan fingerprint density at radius 3 is 2.57 bits per heavy atom. The predicted octanol–water partition coefficient (Wildman–Crippen LogP) is 1.87. The van der Waals surface area contributed by atoms with Gasteiger partial charge in [0, 0.05) is 12.6 Å². The number of benzene rings is 1. The third kappa shape index (κ3) is 6.35. The normalized spacial score (nSPS) is 18.3. The van der Waals surface area contributed by atoms with Crippen molar-refractivity contribution in [2.75, 3.05) is 26.3 Å². The number of carbonyl (C=O) groups excluding carboxylic acids is 1. The predicted molar refractivity (Wildman–Crippen MR) is 77.5 cm³/mol. The number of hydrogen-bond acceptors (Lipinski definition) is 4. The highest BCUT2D eigenvalue weighted by Crippen LogP contribution is 2.28. The average Bonchev–Trinajstić information content (AvgIpc) is 2.52. The maximum Gasteiger partial charge on any atom is 0.422 e. The number of ether oxygens (including phenoxy) is 2. The summed E-state index contributed by atoms with van der Waals surface area (Å²) < 4.78 is 46.6. The molecule has 1 saturated heterocycles. The number of halogens is 3. The zero-order chi connectivity index (χ0) is 16.7. The molecule has 2 N–H and O–H groups in total. The van der Waals surface area contributed by atoms with Crippen LogP contribution < -0.4 is 20.1 Å². The SMILES string of the molecule is O=C(COc1ccccc1OCC(F)(F)F)NC1CCCNC1. The van der Waals surface area contributed by atoms with E-state index in [2.05, 4.69) is 10.6 Å². The summed E-state index contributed by atoms with van der Waals surface area (Å²) in [6, 6.07) is 6.01. The van der Waals surface area contributed by atoms with Crippen molar-refractivity contribution in [2.24, 2.45) is 0 Å². The van der Waals surface area contributed by atoms with Crippen molar-refractivity contribution in [1.29, 1.82) is 0 Å². The van der Waals surface area contributed by atoms with Crippen LogP contribution in [0.2, 0.25) is 0 Å². The molecule has 1 aromatic carbocycles. The van der Waals surface area contributed by atoms with Crippen molar-refractivity contribution in [3.05, 3.63) is 24.3 Å². The number of carbonyl (C=O) groups is 1. The molecular weight excluding hydrogens is 313 g/mol. The lowest BCUT2D eigenvalue weighted by Crippen LogP contribution is -2.47. The van der Waals surface area contributed by atoms with E-state index in [-0.39, 0.29) is 30.1 Å². The van der Waals surface area contributed by atoms with Gasteiger partial charge in [0.15, 0.2) is 24.7 Å². The largest absolute Gasteiger partial charge is 0.480 e. The Hall–Kier alpha value is -1.96. The Morgan fingerprint density at radius 2 is 1.96 bits per heavy atom. The molecule has 1 aliphatic heterocycles. The number of hydrogen-bond donors (Lipinski definition) is 2. The van der Waals surface area contributed by atoms with Gasteiger partial charge in [-0.1, -0.05) is 12.1 Å². The van der Waals surface area contributed by atoms with Crippen LogP contribution in [0.1, 0.15) is 12.8 Å².